The molecule has 158 valence electrons. The molecule has 0 bridgehead atoms. The van der Waals surface area contributed by atoms with Crippen LogP contribution in [0.25, 0.3) is 11.0 Å². The summed E-state index contributed by atoms with van der Waals surface area (Å²) in [4.78, 5) is 31.8. The molecule has 2 aromatic heterocycles. The van der Waals surface area contributed by atoms with Crippen molar-refractivity contribution in [1.29, 1.82) is 0 Å². The number of rotatable bonds is 7. The maximum Gasteiger partial charge on any atom is 0.264 e. The van der Waals surface area contributed by atoms with Gasteiger partial charge in [0.05, 0.1) is 19.3 Å². The second-order valence-corrected chi connectivity index (χ2v) is 7.52. The van der Waals surface area contributed by atoms with Crippen molar-refractivity contribution in [2.24, 2.45) is 7.05 Å². The van der Waals surface area contributed by atoms with Gasteiger partial charge in [-0.2, -0.15) is 5.10 Å². The lowest BCUT2D eigenvalue weighted by Crippen LogP contribution is -2.39. The van der Waals surface area contributed by atoms with E-state index >= 15 is 0 Å². The number of methoxy groups -OCH3 is 1. The van der Waals surface area contributed by atoms with Gasteiger partial charge in [-0.1, -0.05) is 12.1 Å². The minimum absolute atomic E-state index is 0.0774. The van der Waals surface area contributed by atoms with Crippen molar-refractivity contribution in [3.8, 4) is 5.75 Å². The zero-order chi connectivity index (χ0) is 21.1. The number of likely N-dealkylation sites (tertiary alicyclic amines) is 1. The zero-order valence-corrected chi connectivity index (χ0v) is 17.2. The Balaban J connectivity index is 1.45. The highest BCUT2D eigenvalue weighted by Crippen LogP contribution is 2.26. The van der Waals surface area contributed by atoms with E-state index in [-0.39, 0.29) is 24.1 Å². The summed E-state index contributed by atoms with van der Waals surface area (Å²) in [7, 11) is 3.37. The summed E-state index contributed by atoms with van der Waals surface area (Å²) in [6.07, 6.45) is 5.19. The molecule has 0 saturated carbocycles. The van der Waals surface area contributed by atoms with Crippen molar-refractivity contribution in [2.45, 2.75) is 25.4 Å². The van der Waals surface area contributed by atoms with Crippen molar-refractivity contribution in [2.75, 3.05) is 26.7 Å². The van der Waals surface area contributed by atoms with Crippen molar-refractivity contribution in [1.82, 2.24) is 29.5 Å². The molecular weight excluding hydrogens is 384 g/mol. The third-order valence-electron chi connectivity index (χ3n) is 5.61. The molecule has 1 aliphatic rings. The quantitative estimate of drug-likeness (QED) is 0.627. The van der Waals surface area contributed by atoms with Gasteiger partial charge in [-0.25, -0.2) is 4.98 Å². The van der Waals surface area contributed by atoms with Gasteiger partial charge in [0.1, 0.15) is 24.0 Å². The molecule has 3 aromatic rings. The minimum Gasteiger partial charge on any atom is -0.497 e. The fraction of sp³-hybridized carbons (Fsp3) is 0.429. The number of ether oxygens (including phenoxy) is 1. The molecule has 0 aliphatic carbocycles. The third-order valence-corrected chi connectivity index (χ3v) is 5.61. The monoisotopic (exact) mass is 410 g/mol. The van der Waals surface area contributed by atoms with Gasteiger partial charge in [0.2, 0.25) is 5.91 Å². The number of fused-ring (bicyclic) bond motifs is 1. The lowest BCUT2D eigenvalue weighted by atomic mass is 10.1. The fourth-order valence-electron chi connectivity index (χ4n) is 3.94. The summed E-state index contributed by atoms with van der Waals surface area (Å²) in [5, 5.41) is 7.45. The molecule has 0 radical (unpaired) electrons. The molecule has 30 heavy (non-hydrogen) atoms. The Morgan fingerprint density at radius 2 is 1.97 bits per heavy atom. The minimum atomic E-state index is -0.269. The molecule has 1 fully saturated rings. The Morgan fingerprint density at radius 3 is 2.67 bits per heavy atom. The predicted octanol–water partition coefficient (Wildman–Crippen LogP) is 1.09. The first-order valence-electron chi connectivity index (χ1n) is 10.1. The average molecular weight is 410 g/mol. The molecule has 3 heterocycles. The number of nitrogens with one attached hydrogen (secondary N) is 1. The Bertz CT molecular complexity index is 1080. The second-order valence-electron chi connectivity index (χ2n) is 7.52. The summed E-state index contributed by atoms with van der Waals surface area (Å²) < 4.78 is 8.11. The average Bonchev–Trinajstić information content (AvgIpc) is 3.41. The van der Waals surface area contributed by atoms with Crippen LogP contribution in [0.15, 0.2) is 41.6 Å². The highest BCUT2D eigenvalue weighted by Gasteiger charge is 2.24. The Kier molecular flexibility index (Phi) is 5.80. The van der Waals surface area contributed by atoms with E-state index in [4.69, 9.17) is 4.74 Å². The van der Waals surface area contributed by atoms with Crippen LogP contribution < -0.4 is 15.6 Å². The number of hydrogen-bond acceptors (Lipinski definition) is 6. The van der Waals surface area contributed by atoms with Crippen molar-refractivity contribution in [3.05, 3.63) is 52.7 Å². The van der Waals surface area contributed by atoms with Gasteiger partial charge in [-0.3, -0.25) is 23.7 Å². The Hall–Kier alpha value is -3.20. The standard InChI is InChI=1S/C21H26N6O3/c1-25-20-17(11-24-25)21(29)27(14-23-20)13-19(28)22-12-18(26-9-3-4-10-26)15-5-7-16(30-2)8-6-15/h5-8,11,14,18H,3-4,9-10,12-13H2,1-2H3,(H,22,28)/t18-/m1/s1. The van der Waals surface area contributed by atoms with E-state index in [1.54, 1.807) is 14.2 Å². The van der Waals surface area contributed by atoms with Gasteiger partial charge in [0, 0.05) is 13.6 Å². The van der Waals surface area contributed by atoms with Gasteiger partial charge in [0.15, 0.2) is 5.65 Å². The van der Waals surface area contributed by atoms with Crippen LogP contribution in [-0.2, 0) is 18.4 Å². The second kappa shape index (κ2) is 8.66. The molecule has 1 aliphatic heterocycles. The summed E-state index contributed by atoms with van der Waals surface area (Å²) in [5.74, 6) is 0.584. The molecule has 4 rings (SSSR count). The van der Waals surface area contributed by atoms with Crippen LogP contribution in [0.5, 0.6) is 5.75 Å². The Labute approximate surface area is 174 Å². The van der Waals surface area contributed by atoms with Gasteiger partial charge < -0.3 is 10.1 Å². The first-order valence-corrected chi connectivity index (χ1v) is 10.1. The number of hydrogen-bond donors (Lipinski definition) is 1. The summed E-state index contributed by atoms with van der Waals surface area (Å²) in [6, 6.07) is 8.04. The normalized spacial score (nSPS) is 15.4. The first kappa shape index (κ1) is 20.1. The van der Waals surface area contributed by atoms with Crippen LogP contribution in [0.2, 0.25) is 0 Å². The fourth-order valence-corrected chi connectivity index (χ4v) is 3.94. The van der Waals surface area contributed by atoms with Gasteiger partial charge in [0.25, 0.3) is 5.56 Å². The first-order chi connectivity index (χ1) is 14.6. The molecule has 1 atom stereocenters. The summed E-state index contributed by atoms with van der Waals surface area (Å²) in [5.41, 5.74) is 1.37. The molecule has 9 heteroatoms. The van der Waals surface area contributed by atoms with Crippen LogP contribution in [0.4, 0.5) is 0 Å². The summed E-state index contributed by atoms with van der Waals surface area (Å²) in [6.45, 7) is 2.41. The van der Waals surface area contributed by atoms with Crippen molar-refractivity contribution < 1.29 is 9.53 Å². The molecule has 9 nitrogen and oxygen atoms in total. The SMILES string of the molecule is COc1ccc([C@@H](CNC(=O)Cn2cnc3c(cnn3C)c2=O)N2CCCC2)cc1. The number of aryl methyl sites for hydroxylation is 1. The topological polar surface area (TPSA) is 94.3 Å². The maximum absolute atomic E-state index is 12.6. The van der Waals surface area contributed by atoms with Crippen molar-refractivity contribution >= 4 is 16.9 Å². The van der Waals surface area contributed by atoms with Crippen molar-refractivity contribution in [3.63, 3.8) is 0 Å². The molecule has 0 unspecified atom stereocenters. The van der Waals surface area contributed by atoms with Gasteiger partial charge >= 0.3 is 0 Å². The number of carbonyl (C=O) groups is 1. The van der Waals surface area contributed by atoms with Crippen LogP contribution in [0, 0.1) is 0 Å². The number of benzene rings is 1. The molecule has 1 N–H and O–H groups in total. The molecular formula is C21H26N6O3. The lowest BCUT2D eigenvalue weighted by Gasteiger charge is -2.28. The van der Waals surface area contributed by atoms with E-state index in [2.05, 4.69) is 20.3 Å². The molecule has 1 amide bonds. The summed E-state index contributed by atoms with van der Waals surface area (Å²) >= 11 is 0. The van der Waals surface area contributed by atoms with E-state index in [0.29, 0.717) is 17.6 Å². The van der Waals surface area contributed by atoms with E-state index in [9.17, 15) is 9.59 Å². The van der Waals surface area contributed by atoms with E-state index in [1.807, 2.05) is 24.3 Å². The largest absolute Gasteiger partial charge is 0.497 e. The number of amides is 1. The van der Waals surface area contributed by atoms with Crippen LogP contribution in [0.3, 0.4) is 0 Å². The smallest absolute Gasteiger partial charge is 0.264 e. The highest BCUT2D eigenvalue weighted by atomic mass is 16.5. The highest BCUT2D eigenvalue weighted by molar-refractivity contribution is 5.77. The number of aromatic nitrogens is 4. The molecule has 0 spiro atoms. The van der Waals surface area contributed by atoms with Gasteiger partial charge in [-0.15, -0.1) is 0 Å². The van der Waals surface area contributed by atoms with E-state index in [1.165, 1.54) is 21.8 Å². The van der Waals surface area contributed by atoms with E-state index in [0.717, 1.165) is 37.2 Å². The van der Waals surface area contributed by atoms with Crippen LogP contribution in [-0.4, -0.2) is 56.9 Å². The molecule has 1 aromatic carbocycles. The van der Waals surface area contributed by atoms with E-state index < -0.39 is 0 Å². The van der Waals surface area contributed by atoms with Crippen LogP contribution >= 0.6 is 0 Å². The zero-order valence-electron chi connectivity index (χ0n) is 17.2. The predicted molar refractivity (Wildman–Crippen MR) is 112 cm³/mol. The van der Waals surface area contributed by atoms with Crippen LogP contribution in [0.1, 0.15) is 24.4 Å². The number of nitrogens with zero attached hydrogens (tertiary/aromatic N) is 5. The maximum atomic E-state index is 12.6. The lowest BCUT2D eigenvalue weighted by molar-refractivity contribution is -0.122. The number of carbonyl (C=O) groups excluding carboxylic acids is 1. The molecule has 1 saturated heterocycles. The third kappa shape index (κ3) is 4.06. The Morgan fingerprint density at radius 1 is 1.23 bits per heavy atom. The van der Waals surface area contributed by atoms with Gasteiger partial charge in [-0.05, 0) is 43.6 Å².